The van der Waals surface area contributed by atoms with E-state index in [1.807, 2.05) is 11.3 Å². The molecule has 0 bridgehead atoms. The maximum atomic E-state index is 6.43. The fourth-order valence-electron chi connectivity index (χ4n) is 8.99. The number of fused-ring (bicyclic) bond motifs is 12. The molecular weight excluding hydrogens is 673 g/mol. The zero-order valence-electron chi connectivity index (χ0n) is 29.1. The number of hydrogen-bond acceptors (Lipinski definition) is 2. The van der Waals surface area contributed by atoms with E-state index in [0.29, 0.717) is 0 Å². The van der Waals surface area contributed by atoms with E-state index >= 15 is 0 Å². The van der Waals surface area contributed by atoms with Crippen LogP contribution in [0.4, 0.5) is 0 Å². The van der Waals surface area contributed by atoms with Crippen LogP contribution in [0.15, 0.2) is 186 Å². The lowest BCUT2D eigenvalue weighted by Gasteiger charge is -2.18. The van der Waals surface area contributed by atoms with Crippen LogP contribution in [0.5, 0.6) is 0 Å². The molecule has 0 unspecified atom stereocenters. The van der Waals surface area contributed by atoms with Crippen molar-refractivity contribution in [1.82, 2.24) is 0 Å². The van der Waals surface area contributed by atoms with Crippen molar-refractivity contribution in [2.24, 2.45) is 0 Å². The third-order valence-corrected chi connectivity index (χ3v) is 12.6. The highest BCUT2D eigenvalue weighted by atomic mass is 32.1. The fourth-order valence-corrected chi connectivity index (χ4v) is 10.3. The summed E-state index contributed by atoms with van der Waals surface area (Å²) in [5, 5.41) is 15.0. The Morgan fingerprint density at radius 1 is 0.315 bits per heavy atom. The van der Waals surface area contributed by atoms with E-state index < -0.39 is 0 Å². The van der Waals surface area contributed by atoms with Crippen LogP contribution in [-0.2, 0) is 0 Å². The van der Waals surface area contributed by atoms with Crippen molar-refractivity contribution in [2.45, 2.75) is 0 Å². The number of furan rings is 1. The molecule has 12 aromatic rings. The van der Waals surface area contributed by atoms with Gasteiger partial charge in [-0.2, -0.15) is 0 Å². The molecule has 12 rings (SSSR count). The van der Waals surface area contributed by atoms with Crippen molar-refractivity contribution < 1.29 is 4.42 Å². The maximum Gasteiger partial charge on any atom is 0.136 e. The van der Waals surface area contributed by atoms with Crippen LogP contribution >= 0.6 is 11.3 Å². The summed E-state index contributed by atoms with van der Waals surface area (Å²) in [7, 11) is 0. The van der Waals surface area contributed by atoms with Crippen molar-refractivity contribution in [1.29, 1.82) is 0 Å². The van der Waals surface area contributed by atoms with Crippen molar-refractivity contribution >= 4 is 96.5 Å². The topological polar surface area (TPSA) is 13.1 Å². The average Bonchev–Trinajstić information content (AvgIpc) is 3.81. The van der Waals surface area contributed by atoms with Gasteiger partial charge in [0.1, 0.15) is 11.2 Å². The Morgan fingerprint density at radius 2 is 0.852 bits per heavy atom. The van der Waals surface area contributed by atoms with Crippen molar-refractivity contribution in [3.8, 4) is 33.4 Å². The fraction of sp³-hybridized carbons (Fsp3) is 0. The first-order chi connectivity index (χ1) is 26.8. The summed E-state index contributed by atoms with van der Waals surface area (Å²) < 4.78 is 9.00. The number of hydrogen-bond donors (Lipinski definition) is 0. The lowest BCUT2D eigenvalue weighted by atomic mass is 9.85. The Bertz CT molecular complexity index is 3450. The maximum absolute atomic E-state index is 6.43. The summed E-state index contributed by atoms with van der Waals surface area (Å²) in [6.07, 6.45) is 0. The van der Waals surface area contributed by atoms with Gasteiger partial charge in [-0.3, -0.25) is 0 Å². The summed E-state index contributed by atoms with van der Waals surface area (Å²) in [6, 6.07) is 66.7. The average molecular weight is 703 g/mol. The monoisotopic (exact) mass is 702 g/mol. The molecule has 0 fully saturated rings. The molecular formula is C52H30OS. The molecule has 0 saturated heterocycles. The molecule has 0 saturated carbocycles. The molecule has 250 valence electrons. The van der Waals surface area contributed by atoms with E-state index in [2.05, 4.69) is 182 Å². The SMILES string of the molecule is c1cc(-c2ccc3c(c2)sc2c3ccc3oc4ccc5ccccc5c4c32)cc(-c2c3ccccc3c(-c3ccc4ccccc4c3)c3ccccc23)c1. The zero-order chi connectivity index (χ0) is 35.3. The highest BCUT2D eigenvalue weighted by Gasteiger charge is 2.19. The van der Waals surface area contributed by atoms with E-state index in [4.69, 9.17) is 4.42 Å². The Hall–Kier alpha value is -6.74. The largest absolute Gasteiger partial charge is 0.456 e. The molecule has 54 heavy (non-hydrogen) atoms. The second-order valence-corrected chi connectivity index (χ2v) is 15.4. The van der Waals surface area contributed by atoms with Gasteiger partial charge in [-0.25, -0.2) is 0 Å². The molecule has 0 amide bonds. The van der Waals surface area contributed by atoms with Gasteiger partial charge in [0.2, 0.25) is 0 Å². The van der Waals surface area contributed by atoms with Crippen molar-refractivity contribution in [3.05, 3.63) is 182 Å². The number of benzene rings is 10. The van der Waals surface area contributed by atoms with Gasteiger partial charge in [0.15, 0.2) is 0 Å². The first-order valence-electron chi connectivity index (χ1n) is 18.5. The molecule has 0 aliphatic rings. The van der Waals surface area contributed by atoms with Gasteiger partial charge in [0.05, 0.1) is 0 Å². The molecule has 0 aliphatic carbocycles. The van der Waals surface area contributed by atoms with Crippen LogP contribution < -0.4 is 0 Å². The van der Waals surface area contributed by atoms with Gasteiger partial charge in [0, 0.05) is 30.9 Å². The molecule has 0 atom stereocenters. The molecule has 2 aromatic heterocycles. The van der Waals surface area contributed by atoms with E-state index in [9.17, 15) is 0 Å². The van der Waals surface area contributed by atoms with Gasteiger partial charge in [-0.05, 0) is 113 Å². The Morgan fingerprint density at radius 3 is 1.61 bits per heavy atom. The highest BCUT2D eigenvalue weighted by molar-refractivity contribution is 7.26. The molecule has 0 N–H and O–H groups in total. The third-order valence-electron chi connectivity index (χ3n) is 11.4. The highest BCUT2D eigenvalue weighted by Crippen LogP contribution is 2.47. The molecule has 2 heterocycles. The lowest BCUT2D eigenvalue weighted by molar-refractivity contribution is 0.669. The zero-order valence-corrected chi connectivity index (χ0v) is 30.0. The first kappa shape index (κ1) is 29.8. The van der Waals surface area contributed by atoms with Crippen LogP contribution in [-0.4, -0.2) is 0 Å². The molecule has 0 radical (unpaired) electrons. The van der Waals surface area contributed by atoms with Gasteiger partial charge < -0.3 is 4.42 Å². The smallest absolute Gasteiger partial charge is 0.136 e. The Kier molecular flexibility index (Phi) is 6.28. The molecule has 0 aliphatic heterocycles. The first-order valence-corrected chi connectivity index (χ1v) is 19.3. The van der Waals surface area contributed by atoms with E-state index in [-0.39, 0.29) is 0 Å². The van der Waals surface area contributed by atoms with E-state index in [0.717, 1.165) is 11.2 Å². The second-order valence-electron chi connectivity index (χ2n) is 14.4. The van der Waals surface area contributed by atoms with Crippen LogP contribution in [0.3, 0.4) is 0 Å². The normalized spacial score (nSPS) is 12.1. The van der Waals surface area contributed by atoms with Gasteiger partial charge in [-0.1, -0.05) is 146 Å². The summed E-state index contributed by atoms with van der Waals surface area (Å²) in [6.45, 7) is 0. The van der Waals surface area contributed by atoms with Gasteiger partial charge in [-0.15, -0.1) is 11.3 Å². The minimum Gasteiger partial charge on any atom is -0.456 e. The van der Waals surface area contributed by atoms with Gasteiger partial charge >= 0.3 is 0 Å². The predicted molar refractivity (Wildman–Crippen MR) is 233 cm³/mol. The molecule has 0 spiro atoms. The van der Waals surface area contributed by atoms with Gasteiger partial charge in [0.25, 0.3) is 0 Å². The minimum atomic E-state index is 0.941. The summed E-state index contributed by atoms with van der Waals surface area (Å²) in [4.78, 5) is 0. The lowest BCUT2D eigenvalue weighted by Crippen LogP contribution is -1.91. The Labute approximate surface area is 314 Å². The standard InChI is InChI=1S/C52H30OS/c1-2-12-33-28-37(21-20-31(33)10-1)49-42-18-7-5-16-40(42)48(41-17-6-8-19-43(41)49)36-14-9-13-34(29-36)35-22-24-39-44-25-27-46-51(52(44)54-47(39)30-35)50-38-15-4-3-11-32(38)23-26-45(50)53-46/h1-30H. The summed E-state index contributed by atoms with van der Waals surface area (Å²) in [5.74, 6) is 0. The molecule has 10 aromatic carbocycles. The summed E-state index contributed by atoms with van der Waals surface area (Å²) in [5.41, 5.74) is 9.34. The third kappa shape index (κ3) is 4.32. The predicted octanol–water partition coefficient (Wildman–Crippen LogP) is 15.6. The van der Waals surface area contributed by atoms with Crippen LogP contribution in [0.2, 0.25) is 0 Å². The minimum absolute atomic E-state index is 0.941. The second kappa shape index (κ2) is 11.4. The van der Waals surface area contributed by atoms with Crippen LogP contribution in [0.1, 0.15) is 0 Å². The quantitative estimate of drug-likeness (QED) is 0.167. The van der Waals surface area contributed by atoms with Crippen molar-refractivity contribution in [2.75, 3.05) is 0 Å². The number of thiophene rings is 1. The van der Waals surface area contributed by atoms with Crippen LogP contribution in [0, 0.1) is 0 Å². The van der Waals surface area contributed by atoms with Crippen molar-refractivity contribution in [3.63, 3.8) is 0 Å². The van der Waals surface area contributed by atoms with E-state index in [1.54, 1.807) is 0 Å². The van der Waals surface area contributed by atoms with E-state index in [1.165, 1.54) is 107 Å². The number of rotatable bonds is 3. The molecule has 2 heteroatoms. The summed E-state index contributed by atoms with van der Waals surface area (Å²) >= 11 is 1.87. The molecule has 1 nitrogen and oxygen atoms in total. The Balaban J connectivity index is 1.04. The van der Waals surface area contributed by atoms with Crippen LogP contribution in [0.25, 0.3) is 119 Å².